The van der Waals surface area contributed by atoms with E-state index in [1.807, 2.05) is 113 Å². The summed E-state index contributed by atoms with van der Waals surface area (Å²) in [4.78, 5) is 42.2. The Labute approximate surface area is 429 Å². The molecule has 0 spiro atoms. The molecule has 6 aromatic rings. The summed E-state index contributed by atoms with van der Waals surface area (Å²) >= 11 is 3.36. The second-order valence-corrected chi connectivity index (χ2v) is 21.8. The van der Waals surface area contributed by atoms with Gasteiger partial charge in [0.05, 0.1) is 24.3 Å². The van der Waals surface area contributed by atoms with Crippen LogP contribution in [0.5, 0.6) is 0 Å². The van der Waals surface area contributed by atoms with Gasteiger partial charge >= 0.3 is 11.9 Å². The molecule has 2 aliphatic heterocycles. The number of fused-ring (bicyclic) bond motifs is 6. The van der Waals surface area contributed by atoms with E-state index in [1.54, 1.807) is 22.7 Å². The zero-order valence-electron chi connectivity index (χ0n) is 43.0. The van der Waals surface area contributed by atoms with Crippen molar-refractivity contribution in [2.75, 3.05) is 13.1 Å². The maximum atomic E-state index is 12.9. The first-order valence-corrected chi connectivity index (χ1v) is 25.3. The van der Waals surface area contributed by atoms with E-state index in [-0.39, 0.29) is 37.3 Å². The average Bonchev–Trinajstić information content (AvgIpc) is 3.99. The molecule has 8 rings (SSSR count). The predicted molar refractivity (Wildman–Crippen MR) is 286 cm³/mol. The summed E-state index contributed by atoms with van der Waals surface area (Å²) in [6.45, 7) is 24.2. The fourth-order valence-electron chi connectivity index (χ4n) is 8.06. The van der Waals surface area contributed by atoms with E-state index in [4.69, 9.17) is 36.7 Å². The molecular weight excluding hydrogens is 945 g/mol. The van der Waals surface area contributed by atoms with Gasteiger partial charge in [0.15, 0.2) is 17.6 Å². The topological polar surface area (TPSA) is 229 Å². The molecule has 18 heteroatoms. The smallest absolute Gasteiger partial charge is 0.308 e. The number of nitrogens with two attached hydrogens (primary N) is 3. The molecule has 0 amide bonds. The Hall–Kier alpha value is -7.25. The molecule has 0 radical (unpaired) electrons. The van der Waals surface area contributed by atoms with Gasteiger partial charge in [-0.05, 0) is 118 Å². The molecule has 72 heavy (non-hydrogen) atoms. The van der Waals surface area contributed by atoms with Gasteiger partial charge in [-0.3, -0.25) is 28.7 Å². The van der Waals surface area contributed by atoms with Crippen molar-refractivity contribution in [2.24, 2.45) is 32.2 Å². The summed E-state index contributed by atoms with van der Waals surface area (Å²) < 4.78 is 15.3. The first kappa shape index (κ1) is 52.6. The van der Waals surface area contributed by atoms with Crippen LogP contribution >= 0.6 is 22.7 Å². The molecule has 0 bridgehead atoms. The fraction of sp³-hybridized carbons (Fsp3) is 0.389. The number of carbonyl (C=O) groups excluding carboxylic acids is 2. The zero-order valence-corrected chi connectivity index (χ0v) is 44.6. The minimum atomic E-state index is -0.595. The van der Waals surface area contributed by atoms with Gasteiger partial charge in [-0.1, -0.05) is 47.9 Å². The van der Waals surface area contributed by atoms with E-state index in [0.29, 0.717) is 24.6 Å². The Morgan fingerprint density at radius 3 is 1.42 bits per heavy atom. The number of aromatic nitrogens is 6. The van der Waals surface area contributed by atoms with Gasteiger partial charge in [0.1, 0.15) is 51.5 Å². The lowest BCUT2D eigenvalue weighted by Gasteiger charge is -2.21. The van der Waals surface area contributed by atoms with Gasteiger partial charge < -0.3 is 26.7 Å². The third-order valence-electron chi connectivity index (χ3n) is 11.4. The van der Waals surface area contributed by atoms with Crippen LogP contribution in [0.3, 0.4) is 0 Å². The Morgan fingerprint density at radius 2 is 1.04 bits per heavy atom. The molecule has 0 saturated carbocycles. The van der Waals surface area contributed by atoms with Gasteiger partial charge in [0.2, 0.25) is 0 Å². The number of hydrogen-bond donors (Lipinski definition) is 3. The SMILES string of the molecule is Cc1sc2c(c1C)C(c1ccc(C#CCCN)cc1)=N[C@@H](CC(=O)OC(C)(C)C)c1nnc(C)n1-2.Cc1sc2c(c1C)C(c1ccc(C#CCN=C(N)N)cc1)=N[C@@H](CC(=O)OC(C)(C)C)c1nnc(C)n1-2. The van der Waals surface area contributed by atoms with E-state index in [0.717, 1.165) is 77.6 Å². The summed E-state index contributed by atoms with van der Waals surface area (Å²) in [5, 5.41) is 19.6. The highest BCUT2D eigenvalue weighted by Gasteiger charge is 2.35. The number of aliphatic imine (C=N–C) groups is 3. The number of hydrogen-bond acceptors (Lipinski definition) is 14. The second-order valence-electron chi connectivity index (χ2n) is 19.4. The lowest BCUT2D eigenvalue weighted by atomic mass is 9.98. The van der Waals surface area contributed by atoms with Gasteiger partial charge in [-0.25, -0.2) is 4.99 Å². The van der Waals surface area contributed by atoms with Crippen molar-refractivity contribution in [2.45, 2.75) is 126 Å². The average molecular weight is 1010 g/mol. The van der Waals surface area contributed by atoms with Crippen LogP contribution in [0.15, 0.2) is 63.5 Å². The normalized spacial score (nSPS) is 14.6. The zero-order chi connectivity index (χ0) is 52.2. The number of nitrogens with zero attached hydrogens (tertiary/aromatic N) is 9. The highest BCUT2D eigenvalue weighted by Crippen LogP contribution is 2.41. The van der Waals surface area contributed by atoms with Crippen molar-refractivity contribution >= 4 is 52.0 Å². The van der Waals surface area contributed by atoms with Gasteiger partial charge in [0, 0.05) is 56.1 Å². The number of guanidine groups is 1. The first-order chi connectivity index (χ1) is 34.0. The largest absolute Gasteiger partial charge is 0.460 e. The maximum absolute atomic E-state index is 12.9. The van der Waals surface area contributed by atoms with E-state index in [9.17, 15) is 9.59 Å². The predicted octanol–water partition coefficient (Wildman–Crippen LogP) is 8.08. The van der Waals surface area contributed by atoms with Crippen LogP contribution in [0.2, 0.25) is 0 Å². The second kappa shape index (κ2) is 21.6. The van der Waals surface area contributed by atoms with Crippen molar-refractivity contribution in [1.29, 1.82) is 0 Å². The third kappa shape index (κ3) is 12.1. The summed E-state index contributed by atoms with van der Waals surface area (Å²) in [7, 11) is 0. The lowest BCUT2D eigenvalue weighted by molar-refractivity contribution is -0.156. The molecule has 0 aliphatic carbocycles. The Kier molecular flexibility index (Phi) is 15.8. The summed E-state index contributed by atoms with van der Waals surface area (Å²) in [6.07, 6.45) is 0.797. The third-order valence-corrected chi connectivity index (χ3v) is 13.8. The maximum Gasteiger partial charge on any atom is 0.308 e. The van der Waals surface area contributed by atoms with Crippen LogP contribution in [0, 0.1) is 65.2 Å². The van der Waals surface area contributed by atoms with Gasteiger partial charge in [-0.15, -0.1) is 43.1 Å². The van der Waals surface area contributed by atoms with E-state index in [2.05, 4.69) is 76.8 Å². The molecule has 2 aromatic carbocycles. The molecule has 374 valence electrons. The van der Waals surface area contributed by atoms with Crippen LogP contribution in [-0.4, -0.2) is 83.1 Å². The van der Waals surface area contributed by atoms with Crippen molar-refractivity contribution in [3.8, 4) is 33.7 Å². The number of benzene rings is 2. The Bertz CT molecular complexity index is 3240. The monoisotopic (exact) mass is 1010 g/mol. The van der Waals surface area contributed by atoms with Crippen LogP contribution in [0.4, 0.5) is 0 Å². The fourth-order valence-corrected chi connectivity index (χ4v) is 10.5. The van der Waals surface area contributed by atoms with E-state index < -0.39 is 23.3 Å². The number of thiophene rings is 2. The molecule has 16 nitrogen and oxygen atoms in total. The van der Waals surface area contributed by atoms with Crippen LogP contribution < -0.4 is 17.2 Å². The molecule has 6 N–H and O–H groups in total. The van der Waals surface area contributed by atoms with E-state index in [1.165, 1.54) is 9.75 Å². The van der Waals surface area contributed by atoms with Crippen molar-refractivity contribution < 1.29 is 19.1 Å². The summed E-state index contributed by atoms with van der Waals surface area (Å²) in [5.74, 6) is 14.4. The molecule has 0 fully saturated rings. The van der Waals surface area contributed by atoms with Crippen LogP contribution in [0.25, 0.3) is 10.0 Å². The van der Waals surface area contributed by atoms with Crippen LogP contribution in [0.1, 0.15) is 150 Å². The molecule has 0 unspecified atom stereocenters. The standard InChI is InChI=1S/C27H31N7O2S.C27H31N5O2S/c1-15-16(2)37-25-22(15)23(19-11-9-18(10-12-19)8-7-13-30-26(28)29)31-20(14-21(35)36-27(4,5)6)24-33-32-17(3)34(24)25;1-16-17(2)35-26-23(16)24(20-12-10-19(11-13-20)9-7-8-14-28)29-21(15-22(33)34-27(4,5)6)25-31-30-18(3)32(25)26/h9-12,20H,13-14H2,1-6H3,(H4,28,29,30);10-13,21H,8,14-15,28H2,1-6H3/t20-;21-/m00/s1. The van der Waals surface area contributed by atoms with Crippen molar-refractivity contribution in [3.63, 3.8) is 0 Å². The molecular formula is C54H62N12O4S2. The van der Waals surface area contributed by atoms with Gasteiger partial charge in [0.25, 0.3) is 0 Å². The number of aryl methyl sites for hydroxylation is 4. The van der Waals surface area contributed by atoms with Crippen molar-refractivity contribution in [1.82, 2.24) is 29.5 Å². The minimum Gasteiger partial charge on any atom is -0.460 e. The Balaban J connectivity index is 0.000000212. The first-order valence-electron chi connectivity index (χ1n) is 23.6. The Morgan fingerprint density at radius 1 is 0.639 bits per heavy atom. The number of esters is 2. The number of ether oxygens (including phenoxy) is 2. The minimum absolute atomic E-state index is 0.0135. The summed E-state index contributed by atoms with van der Waals surface area (Å²) in [5.41, 5.74) is 24.7. The summed E-state index contributed by atoms with van der Waals surface area (Å²) in [6, 6.07) is 14.8. The van der Waals surface area contributed by atoms with Crippen molar-refractivity contribution in [3.05, 3.63) is 126 Å². The molecule has 2 aliphatic rings. The number of rotatable bonds is 8. The van der Waals surface area contributed by atoms with Crippen LogP contribution in [-0.2, 0) is 19.1 Å². The lowest BCUT2D eigenvalue weighted by Crippen LogP contribution is -2.25. The highest BCUT2D eigenvalue weighted by atomic mass is 32.1. The van der Waals surface area contributed by atoms with E-state index >= 15 is 0 Å². The molecule has 2 atom stereocenters. The van der Waals surface area contributed by atoms with Gasteiger partial charge in [-0.2, -0.15) is 0 Å². The number of carbonyl (C=O) groups is 2. The molecule has 6 heterocycles. The highest BCUT2D eigenvalue weighted by molar-refractivity contribution is 7.15. The quantitative estimate of drug-likeness (QED) is 0.0571. The molecule has 0 saturated heterocycles. The molecule has 4 aromatic heterocycles.